The number of rotatable bonds is 6. The summed E-state index contributed by atoms with van der Waals surface area (Å²) in [5, 5.41) is 4.45. The minimum atomic E-state index is 0.464. The zero-order valence-corrected chi connectivity index (χ0v) is 11.0. The average molecular weight is 261 g/mol. The number of nitrogens with one attached hydrogen (secondary N) is 1. The van der Waals surface area contributed by atoms with Crippen LogP contribution in [0.1, 0.15) is 25.3 Å². The van der Waals surface area contributed by atoms with Crippen molar-refractivity contribution in [2.24, 2.45) is 0 Å². The van der Waals surface area contributed by atoms with Gasteiger partial charge >= 0.3 is 0 Å². The van der Waals surface area contributed by atoms with E-state index in [1.54, 1.807) is 0 Å². The third kappa shape index (κ3) is 4.20. The number of halogens is 2. The Bertz CT molecular complexity index is 317. The Morgan fingerprint density at radius 3 is 2.38 bits per heavy atom. The van der Waals surface area contributed by atoms with Crippen LogP contribution in [0.2, 0.25) is 10.0 Å². The van der Waals surface area contributed by atoms with Gasteiger partial charge in [-0.15, -0.1) is 0 Å². The van der Waals surface area contributed by atoms with Gasteiger partial charge in [0.15, 0.2) is 0 Å². The average Bonchev–Trinajstić information content (AvgIpc) is 2.25. The highest BCUT2D eigenvalue weighted by Gasteiger charge is 2.04. The standard InChI is InChI=1S/C12H18Cl2N2/c1-2-3-5-16-6-4-9-7-10(13)12(15)11(14)8-9/h7-8,16H,2-6,15H2,1H3. The Morgan fingerprint density at radius 1 is 1.19 bits per heavy atom. The van der Waals surface area contributed by atoms with Crippen molar-refractivity contribution in [3.05, 3.63) is 27.7 Å². The van der Waals surface area contributed by atoms with Crippen molar-refractivity contribution in [3.63, 3.8) is 0 Å². The maximum Gasteiger partial charge on any atom is 0.0693 e. The zero-order valence-electron chi connectivity index (χ0n) is 9.52. The van der Waals surface area contributed by atoms with Crippen molar-refractivity contribution in [2.45, 2.75) is 26.2 Å². The second-order valence-electron chi connectivity index (χ2n) is 3.83. The fraction of sp³-hybridized carbons (Fsp3) is 0.500. The number of unbranched alkanes of at least 4 members (excludes halogenated alkanes) is 1. The van der Waals surface area contributed by atoms with E-state index in [2.05, 4.69) is 12.2 Å². The van der Waals surface area contributed by atoms with Gasteiger partial charge in [0.2, 0.25) is 0 Å². The number of hydrogen-bond donors (Lipinski definition) is 2. The van der Waals surface area contributed by atoms with Crippen molar-refractivity contribution in [3.8, 4) is 0 Å². The molecule has 0 fully saturated rings. The summed E-state index contributed by atoms with van der Waals surface area (Å²) < 4.78 is 0. The van der Waals surface area contributed by atoms with E-state index < -0.39 is 0 Å². The van der Waals surface area contributed by atoms with E-state index >= 15 is 0 Å². The molecule has 0 saturated carbocycles. The molecule has 0 spiro atoms. The van der Waals surface area contributed by atoms with Crippen LogP contribution in [-0.2, 0) is 6.42 Å². The van der Waals surface area contributed by atoms with Crippen LogP contribution in [0.3, 0.4) is 0 Å². The first-order chi connectivity index (χ1) is 7.65. The molecule has 0 aliphatic carbocycles. The first kappa shape index (κ1) is 13.6. The highest BCUT2D eigenvalue weighted by atomic mass is 35.5. The summed E-state index contributed by atoms with van der Waals surface area (Å²) in [6, 6.07) is 3.76. The molecule has 2 nitrogen and oxygen atoms in total. The van der Waals surface area contributed by atoms with E-state index in [4.69, 9.17) is 28.9 Å². The van der Waals surface area contributed by atoms with Crippen molar-refractivity contribution >= 4 is 28.9 Å². The Kier molecular flexibility index (Phi) is 5.96. The number of nitrogens with two attached hydrogens (primary N) is 1. The molecule has 1 aromatic carbocycles. The molecule has 4 heteroatoms. The van der Waals surface area contributed by atoms with E-state index in [0.29, 0.717) is 15.7 Å². The molecule has 0 aromatic heterocycles. The van der Waals surface area contributed by atoms with Crippen molar-refractivity contribution in [1.82, 2.24) is 5.32 Å². The molecule has 0 heterocycles. The molecule has 1 rings (SSSR count). The third-order valence-corrected chi connectivity index (χ3v) is 3.06. The SMILES string of the molecule is CCCCNCCc1cc(Cl)c(N)c(Cl)c1. The molecule has 16 heavy (non-hydrogen) atoms. The molecule has 90 valence electrons. The molecule has 1 aromatic rings. The molecule has 0 amide bonds. The number of anilines is 1. The van der Waals surface area contributed by atoms with Crippen LogP contribution in [0.4, 0.5) is 5.69 Å². The molecule has 0 unspecified atom stereocenters. The molecule has 0 aliphatic rings. The van der Waals surface area contributed by atoms with Crippen LogP contribution in [0, 0.1) is 0 Å². The van der Waals surface area contributed by atoms with E-state index in [1.165, 1.54) is 12.8 Å². The highest BCUT2D eigenvalue weighted by Crippen LogP contribution is 2.28. The minimum absolute atomic E-state index is 0.464. The van der Waals surface area contributed by atoms with E-state index in [9.17, 15) is 0 Å². The zero-order chi connectivity index (χ0) is 12.0. The molecule has 0 bridgehead atoms. The number of hydrogen-bond acceptors (Lipinski definition) is 2. The fourth-order valence-corrected chi connectivity index (χ4v) is 1.97. The van der Waals surface area contributed by atoms with Crippen LogP contribution in [0.5, 0.6) is 0 Å². The molecule has 0 saturated heterocycles. The summed E-state index contributed by atoms with van der Waals surface area (Å²) in [6.45, 7) is 4.19. The lowest BCUT2D eigenvalue weighted by molar-refractivity contribution is 0.640. The van der Waals surface area contributed by atoms with Gasteiger partial charge in [0.05, 0.1) is 15.7 Å². The van der Waals surface area contributed by atoms with Gasteiger partial charge in [-0.2, -0.15) is 0 Å². The summed E-state index contributed by atoms with van der Waals surface area (Å²) in [6.07, 6.45) is 3.35. The molecular formula is C12H18Cl2N2. The summed E-state index contributed by atoms with van der Waals surface area (Å²) in [7, 11) is 0. The van der Waals surface area contributed by atoms with Gasteiger partial charge in [-0.3, -0.25) is 0 Å². The molecule has 0 atom stereocenters. The first-order valence-corrected chi connectivity index (χ1v) is 6.35. The Balaban J connectivity index is 2.43. The Labute approximate surface area is 107 Å². The van der Waals surface area contributed by atoms with Crippen LogP contribution in [0.15, 0.2) is 12.1 Å². The van der Waals surface area contributed by atoms with Crippen LogP contribution in [-0.4, -0.2) is 13.1 Å². The minimum Gasteiger partial charge on any atom is -0.396 e. The fourth-order valence-electron chi connectivity index (χ4n) is 1.44. The van der Waals surface area contributed by atoms with Gasteiger partial charge in [-0.1, -0.05) is 36.5 Å². The summed E-state index contributed by atoms with van der Waals surface area (Å²) in [4.78, 5) is 0. The van der Waals surface area contributed by atoms with E-state index in [0.717, 1.165) is 25.1 Å². The van der Waals surface area contributed by atoms with Crippen molar-refractivity contribution < 1.29 is 0 Å². The lowest BCUT2D eigenvalue weighted by Crippen LogP contribution is -2.18. The quantitative estimate of drug-likeness (QED) is 0.607. The molecule has 3 N–H and O–H groups in total. The maximum atomic E-state index is 5.95. The Hall–Kier alpha value is -0.440. The summed E-state index contributed by atoms with van der Waals surface area (Å²) in [5.41, 5.74) is 7.25. The highest BCUT2D eigenvalue weighted by molar-refractivity contribution is 6.38. The van der Waals surface area contributed by atoms with Crippen molar-refractivity contribution in [1.29, 1.82) is 0 Å². The largest absolute Gasteiger partial charge is 0.396 e. The smallest absolute Gasteiger partial charge is 0.0693 e. The van der Waals surface area contributed by atoms with Gasteiger partial charge in [-0.05, 0) is 43.6 Å². The Morgan fingerprint density at radius 2 is 1.81 bits per heavy atom. The molecular weight excluding hydrogens is 243 g/mol. The lowest BCUT2D eigenvalue weighted by atomic mass is 10.1. The van der Waals surface area contributed by atoms with Crippen LogP contribution >= 0.6 is 23.2 Å². The maximum absolute atomic E-state index is 5.95. The normalized spacial score (nSPS) is 10.7. The van der Waals surface area contributed by atoms with Gasteiger partial charge in [0, 0.05) is 0 Å². The van der Waals surface area contributed by atoms with E-state index in [1.807, 2.05) is 12.1 Å². The predicted octanol–water partition coefficient (Wildman–Crippen LogP) is 3.51. The molecule has 0 aliphatic heterocycles. The topological polar surface area (TPSA) is 38.0 Å². The van der Waals surface area contributed by atoms with Gasteiger partial charge in [0.25, 0.3) is 0 Å². The monoisotopic (exact) mass is 260 g/mol. The first-order valence-electron chi connectivity index (χ1n) is 5.59. The summed E-state index contributed by atoms with van der Waals surface area (Å²) in [5.74, 6) is 0. The lowest BCUT2D eigenvalue weighted by Gasteiger charge is -2.07. The van der Waals surface area contributed by atoms with Gasteiger partial charge < -0.3 is 11.1 Å². The van der Waals surface area contributed by atoms with Gasteiger partial charge in [-0.25, -0.2) is 0 Å². The number of nitrogen functional groups attached to an aromatic ring is 1. The van der Waals surface area contributed by atoms with Crippen LogP contribution in [0.25, 0.3) is 0 Å². The van der Waals surface area contributed by atoms with E-state index in [-0.39, 0.29) is 0 Å². The molecule has 0 radical (unpaired) electrons. The predicted molar refractivity (Wildman–Crippen MR) is 72.4 cm³/mol. The van der Waals surface area contributed by atoms with Crippen LogP contribution < -0.4 is 11.1 Å². The second-order valence-corrected chi connectivity index (χ2v) is 4.64. The third-order valence-electron chi connectivity index (χ3n) is 2.44. The summed E-state index contributed by atoms with van der Waals surface area (Å²) >= 11 is 11.9. The van der Waals surface area contributed by atoms with Crippen molar-refractivity contribution in [2.75, 3.05) is 18.8 Å². The van der Waals surface area contributed by atoms with Gasteiger partial charge in [0.1, 0.15) is 0 Å². The second kappa shape index (κ2) is 7.00. The number of benzene rings is 1.